The Morgan fingerprint density at radius 3 is 3.11 bits per heavy atom. The Morgan fingerprint density at radius 2 is 2.37 bits per heavy atom. The summed E-state index contributed by atoms with van der Waals surface area (Å²) in [4.78, 5) is 22.6. The Balaban J connectivity index is 1.95. The van der Waals surface area contributed by atoms with E-state index < -0.39 is 0 Å². The van der Waals surface area contributed by atoms with Crippen LogP contribution < -0.4 is 5.32 Å². The molecule has 7 heteroatoms. The Labute approximate surface area is 110 Å². The zero-order valence-electron chi connectivity index (χ0n) is 11.0. The van der Waals surface area contributed by atoms with Gasteiger partial charge in [0.05, 0.1) is 0 Å². The van der Waals surface area contributed by atoms with Gasteiger partial charge in [0.1, 0.15) is 0 Å². The van der Waals surface area contributed by atoms with Crippen LogP contribution >= 0.6 is 0 Å². The minimum atomic E-state index is -0.126. The van der Waals surface area contributed by atoms with Gasteiger partial charge in [-0.2, -0.15) is 4.98 Å². The van der Waals surface area contributed by atoms with Crippen molar-refractivity contribution in [2.45, 2.75) is 19.9 Å². The van der Waals surface area contributed by atoms with Crippen LogP contribution in [0.4, 0.5) is 0 Å². The Bertz CT molecular complexity index is 622. The average molecular weight is 260 g/mol. The van der Waals surface area contributed by atoms with Gasteiger partial charge in [0.2, 0.25) is 5.82 Å². The molecule has 0 bridgehead atoms. The lowest BCUT2D eigenvalue weighted by atomic mass is 10.2. The van der Waals surface area contributed by atoms with Crippen molar-refractivity contribution in [1.82, 2.24) is 29.8 Å². The maximum Gasteiger partial charge on any atom is 0.293 e. The van der Waals surface area contributed by atoms with Crippen molar-refractivity contribution in [2.75, 3.05) is 19.6 Å². The van der Waals surface area contributed by atoms with Gasteiger partial charge in [-0.05, 0) is 19.9 Å². The van der Waals surface area contributed by atoms with Crippen LogP contribution in [0.1, 0.15) is 23.2 Å². The first-order valence-electron chi connectivity index (χ1n) is 6.37. The summed E-state index contributed by atoms with van der Waals surface area (Å²) in [7, 11) is 0. The molecule has 3 heterocycles. The van der Waals surface area contributed by atoms with Crippen LogP contribution in [0.5, 0.6) is 0 Å². The third-order valence-corrected chi connectivity index (χ3v) is 3.38. The molecule has 1 amide bonds. The fraction of sp³-hybridized carbons (Fsp3) is 0.500. The number of carbonyl (C=O) groups excluding carboxylic acids is 1. The fourth-order valence-electron chi connectivity index (χ4n) is 2.27. The van der Waals surface area contributed by atoms with Crippen molar-refractivity contribution in [3.05, 3.63) is 23.8 Å². The largest absolute Gasteiger partial charge is 0.331 e. The third-order valence-electron chi connectivity index (χ3n) is 3.38. The molecule has 1 aliphatic heterocycles. The average Bonchev–Trinajstić information content (AvgIpc) is 2.84. The minimum absolute atomic E-state index is 0.126. The lowest BCUT2D eigenvalue weighted by Gasteiger charge is -2.33. The third kappa shape index (κ3) is 2.06. The van der Waals surface area contributed by atoms with E-state index in [0.29, 0.717) is 12.3 Å². The van der Waals surface area contributed by atoms with E-state index in [1.165, 1.54) is 0 Å². The maximum atomic E-state index is 12.4. The van der Waals surface area contributed by atoms with Gasteiger partial charge in [-0.3, -0.25) is 4.79 Å². The SMILES string of the molecule is Cc1ccnc2nc(C(=O)N3CCNC[C@@H]3C)nn12. The zero-order chi connectivity index (χ0) is 13.4. The number of carbonyl (C=O) groups is 1. The molecule has 1 atom stereocenters. The van der Waals surface area contributed by atoms with Crippen molar-refractivity contribution in [3.8, 4) is 0 Å². The van der Waals surface area contributed by atoms with Gasteiger partial charge in [-0.15, -0.1) is 5.10 Å². The van der Waals surface area contributed by atoms with E-state index in [4.69, 9.17) is 0 Å². The smallest absolute Gasteiger partial charge is 0.293 e. The number of hydrogen-bond donors (Lipinski definition) is 1. The number of amides is 1. The molecular formula is C12H16N6O. The van der Waals surface area contributed by atoms with E-state index in [1.54, 1.807) is 15.6 Å². The predicted molar refractivity (Wildman–Crippen MR) is 68.9 cm³/mol. The van der Waals surface area contributed by atoms with Crippen molar-refractivity contribution in [2.24, 2.45) is 0 Å². The van der Waals surface area contributed by atoms with Crippen LogP contribution in [0.25, 0.3) is 5.78 Å². The molecule has 0 saturated carbocycles. The van der Waals surface area contributed by atoms with Crippen molar-refractivity contribution in [3.63, 3.8) is 0 Å². The highest BCUT2D eigenvalue weighted by Crippen LogP contribution is 2.09. The quantitative estimate of drug-likeness (QED) is 0.773. The number of nitrogens with zero attached hydrogens (tertiary/aromatic N) is 5. The first-order valence-corrected chi connectivity index (χ1v) is 6.37. The number of aryl methyl sites for hydroxylation is 1. The molecule has 19 heavy (non-hydrogen) atoms. The number of piperazine rings is 1. The standard InChI is InChI=1S/C12H16N6O/c1-8-3-4-14-12-15-10(16-18(8)12)11(19)17-6-5-13-7-9(17)2/h3-4,9,13H,5-7H2,1-2H3/t9-/m0/s1. The van der Waals surface area contributed by atoms with E-state index in [2.05, 4.69) is 20.4 Å². The minimum Gasteiger partial charge on any atom is -0.331 e. The molecule has 7 nitrogen and oxygen atoms in total. The van der Waals surface area contributed by atoms with Crippen LogP contribution in [0.15, 0.2) is 12.3 Å². The van der Waals surface area contributed by atoms with Gasteiger partial charge in [0, 0.05) is 37.6 Å². The summed E-state index contributed by atoms with van der Waals surface area (Å²) in [5.74, 6) is 0.556. The zero-order valence-corrected chi connectivity index (χ0v) is 11.0. The first-order chi connectivity index (χ1) is 9.16. The molecule has 1 aliphatic rings. The maximum absolute atomic E-state index is 12.4. The molecule has 2 aromatic heterocycles. The van der Waals surface area contributed by atoms with Gasteiger partial charge in [-0.25, -0.2) is 9.50 Å². The normalized spacial score (nSPS) is 19.9. The first kappa shape index (κ1) is 12.0. The molecule has 0 aromatic carbocycles. The second kappa shape index (κ2) is 4.58. The molecule has 0 unspecified atom stereocenters. The van der Waals surface area contributed by atoms with Crippen LogP contribution in [-0.4, -0.2) is 56.1 Å². The highest BCUT2D eigenvalue weighted by Gasteiger charge is 2.27. The molecule has 0 spiro atoms. The highest BCUT2D eigenvalue weighted by atomic mass is 16.2. The predicted octanol–water partition coefficient (Wildman–Crippen LogP) is -0.133. The summed E-state index contributed by atoms with van der Waals surface area (Å²) in [6.45, 7) is 6.22. The molecule has 0 aliphatic carbocycles. The van der Waals surface area contributed by atoms with Gasteiger partial charge in [-0.1, -0.05) is 0 Å². The fourth-order valence-corrected chi connectivity index (χ4v) is 2.27. The van der Waals surface area contributed by atoms with Gasteiger partial charge < -0.3 is 10.2 Å². The Morgan fingerprint density at radius 1 is 1.53 bits per heavy atom. The molecule has 1 N–H and O–H groups in total. The second-order valence-corrected chi connectivity index (χ2v) is 4.79. The monoisotopic (exact) mass is 260 g/mol. The summed E-state index contributed by atoms with van der Waals surface area (Å²) in [5, 5.41) is 7.51. The second-order valence-electron chi connectivity index (χ2n) is 4.79. The Kier molecular flexibility index (Phi) is 2.90. The summed E-state index contributed by atoms with van der Waals surface area (Å²) in [5.41, 5.74) is 0.907. The van der Waals surface area contributed by atoms with Crippen molar-refractivity contribution >= 4 is 11.7 Å². The van der Waals surface area contributed by atoms with Crippen LogP contribution in [0.2, 0.25) is 0 Å². The van der Waals surface area contributed by atoms with E-state index in [9.17, 15) is 4.79 Å². The summed E-state index contributed by atoms with van der Waals surface area (Å²) in [6, 6.07) is 1.99. The number of fused-ring (bicyclic) bond motifs is 1. The van der Waals surface area contributed by atoms with Crippen LogP contribution in [-0.2, 0) is 0 Å². The summed E-state index contributed by atoms with van der Waals surface area (Å²) >= 11 is 0. The summed E-state index contributed by atoms with van der Waals surface area (Å²) < 4.78 is 1.60. The van der Waals surface area contributed by atoms with Gasteiger partial charge in [0.15, 0.2) is 0 Å². The Hall–Kier alpha value is -2.02. The number of aromatic nitrogens is 4. The van der Waals surface area contributed by atoms with E-state index in [0.717, 1.165) is 18.8 Å². The number of hydrogen-bond acceptors (Lipinski definition) is 5. The number of rotatable bonds is 1. The molecule has 2 aromatic rings. The molecule has 0 radical (unpaired) electrons. The lowest BCUT2D eigenvalue weighted by molar-refractivity contribution is 0.0643. The van der Waals surface area contributed by atoms with Crippen molar-refractivity contribution < 1.29 is 4.79 Å². The number of nitrogens with one attached hydrogen (secondary N) is 1. The molecule has 1 fully saturated rings. The molecule has 3 rings (SSSR count). The highest BCUT2D eigenvalue weighted by molar-refractivity contribution is 5.91. The summed E-state index contributed by atoms with van der Waals surface area (Å²) in [6.07, 6.45) is 1.67. The van der Waals surface area contributed by atoms with Gasteiger partial charge in [0.25, 0.3) is 11.7 Å². The van der Waals surface area contributed by atoms with Crippen LogP contribution in [0, 0.1) is 6.92 Å². The van der Waals surface area contributed by atoms with E-state index in [1.807, 2.05) is 19.9 Å². The molecular weight excluding hydrogens is 244 g/mol. The van der Waals surface area contributed by atoms with Gasteiger partial charge >= 0.3 is 0 Å². The topological polar surface area (TPSA) is 75.4 Å². The van der Waals surface area contributed by atoms with Crippen LogP contribution in [0.3, 0.4) is 0 Å². The van der Waals surface area contributed by atoms with Crippen molar-refractivity contribution in [1.29, 1.82) is 0 Å². The lowest BCUT2D eigenvalue weighted by Crippen LogP contribution is -2.52. The van der Waals surface area contributed by atoms with E-state index >= 15 is 0 Å². The molecule has 100 valence electrons. The van der Waals surface area contributed by atoms with E-state index in [-0.39, 0.29) is 17.8 Å². The molecule has 1 saturated heterocycles.